The largest absolute Gasteiger partial charge is 0.461 e. The Balaban J connectivity index is 1.76. The van der Waals surface area contributed by atoms with Crippen LogP contribution < -0.4 is 16.0 Å². The molecular formula is C18H26N4O2. The van der Waals surface area contributed by atoms with E-state index in [-0.39, 0.29) is 18.0 Å². The SMILES string of the molecule is CN=C(NCCc1cc2ccccc2o1)NCC(=O)NC(C)(C)C. The molecule has 0 unspecified atom stereocenters. The fourth-order valence-electron chi connectivity index (χ4n) is 2.31. The van der Waals surface area contributed by atoms with Crippen LogP contribution in [-0.2, 0) is 11.2 Å². The molecule has 2 aromatic rings. The lowest BCUT2D eigenvalue weighted by molar-refractivity contribution is -0.121. The van der Waals surface area contributed by atoms with Gasteiger partial charge in [-0.1, -0.05) is 18.2 Å². The van der Waals surface area contributed by atoms with Crippen LogP contribution in [0.15, 0.2) is 39.7 Å². The van der Waals surface area contributed by atoms with Crippen molar-refractivity contribution >= 4 is 22.8 Å². The minimum absolute atomic E-state index is 0.0669. The summed E-state index contributed by atoms with van der Waals surface area (Å²) >= 11 is 0. The first kappa shape index (κ1) is 17.8. The molecule has 6 nitrogen and oxygen atoms in total. The lowest BCUT2D eigenvalue weighted by Crippen LogP contribution is -2.48. The number of para-hydroxylation sites is 1. The second-order valence-electron chi connectivity index (χ2n) is 6.65. The van der Waals surface area contributed by atoms with E-state index in [0.717, 1.165) is 23.2 Å². The van der Waals surface area contributed by atoms with E-state index >= 15 is 0 Å². The van der Waals surface area contributed by atoms with Gasteiger partial charge in [-0.3, -0.25) is 9.79 Å². The first-order valence-electron chi connectivity index (χ1n) is 8.10. The summed E-state index contributed by atoms with van der Waals surface area (Å²) in [5, 5.41) is 10.2. The zero-order chi connectivity index (χ0) is 17.6. The van der Waals surface area contributed by atoms with Crippen LogP contribution in [0.3, 0.4) is 0 Å². The number of amides is 1. The van der Waals surface area contributed by atoms with Crippen LogP contribution in [0.25, 0.3) is 11.0 Å². The molecular weight excluding hydrogens is 304 g/mol. The van der Waals surface area contributed by atoms with Gasteiger partial charge in [-0.15, -0.1) is 0 Å². The third kappa shape index (κ3) is 5.61. The molecule has 1 heterocycles. The zero-order valence-corrected chi connectivity index (χ0v) is 14.8. The Morgan fingerprint density at radius 1 is 1.21 bits per heavy atom. The minimum Gasteiger partial charge on any atom is -0.461 e. The van der Waals surface area contributed by atoms with Gasteiger partial charge in [0.2, 0.25) is 5.91 Å². The van der Waals surface area contributed by atoms with Crippen molar-refractivity contribution in [2.75, 3.05) is 20.1 Å². The normalized spacial score (nSPS) is 12.2. The Hall–Kier alpha value is -2.50. The number of benzene rings is 1. The van der Waals surface area contributed by atoms with Gasteiger partial charge in [-0.2, -0.15) is 0 Å². The van der Waals surface area contributed by atoms with Crippen LogP contribution in [-0.4, -0.2) is 37.5 Å². The summed E-state index contributed by atoms with van der Waals surface area (Å²) in [7, 11) is 1.68. The number of carbonyl (C=O) groups is 1. The summed E-state index contributed by atoms with van der Waals surface area (Å²) in [4.78, 5) is 15.9. The molecule has 3 N–H and O–H groups in total. The van der Waals surface area contributed by atoms with Crippen LogP contribution >= 0.6 is 0 Å². The summed E-state index contributed by atoms with van der Waals surface area (Å²) in [6, 6.07) is 9.99. The third-order valence-electron chi connectivity index (χ3n) is 3.29. The van der Waals surface area contributed by atoms with Gasteiger partial charge in [0.1, 0.15) is 11.3 Å². The number of nitrogens with one attached hydrogen (secondary N) is 3. The second-order valence-corrected chi connectivity index (χ2v) is 6.65. The van der Waals surface area contributed by atoms with E-state index in [1.807, 2.05) is 51.1 Å². The summed E-state index contributed by atoms with van der Waals surface area (Å²) < 4.78 is 5.77. The quantitative estimate of drug-likeness (QED) is 0.579. The topological polar surface area (TPSA) is 78.7 Å². The number of aliphatic imine (C=N–C) groups is 1. The van der Waals surface area contributed by atoms with Crippen LogP contribution in [0, 0.1) is 0 Å². The van der Waals surface area contributed by atoms with E-state index in [2.05, 4.69) is 20.9 Å². The Labute approximate surface area is 142 Å². The van der Waals surface area contributed by atoms with Crippen molar-refractivity contribution in [1.29, 1.82) is 0 Å². The van der Waals surface area contributed by atoms with Crippen molar-refractivity contribution in [3.8, 4) is 0 Å². The molecule has 0 saturated carbocycles. The summed E-state index contributed by atoms with van der Waals surface area (Å²) in [6.07, 6.45) is 0.740. The monoisotopic (exact) mass is 330 g/mol. The number of furan rings is 1. The van der Waals surface area contributed by atoms with Gasteiger partial charge in [0.05, 0.1) is 6.54 Å². The molecule has 0 saturated heterocycles. The number of hydrogen-bond donors (Lipinski definition) is 3. The van der Waals surface area contributed by atoms with Gasteiger partial charge in [-0.25, -0.2) is 0 Å². The molecule has 1 aromatic carbocycles. The Morgan fingerprint density at radius 3 is 2.62 bits per heavy atom. The Kier molecular flexibility index (Phi) is 5.84. The highest BCUT2D eigenvalue weighted by molar-refractivity contribution is 5.86. The molecule has 130 valence electrons. The molecule has 6 heteroatoms. The molecule has 0 bridgehead atoms. The van der Waals surface area contributed by atoms with E-state index in [1.165, 1.54) is 0 Å². The number of fused-ring (bicyclic) bond motifs is 1. The van der Waals surface area contributed by atoms with Gasteiger partial charge in [0, 0.05) is 30.9 Å². The molecule has 1 amide bonds. The summed E-state index contributed by atoms with van der Waals surface area (Å²) in [5.41, 5.74) is 0.658. The smallest absolute Gasteiger partial charge is 0.239 e. The van der Waals surface area contributed by atoms with Crippen molar-refractivity contribution in [2.45, 2.75) is 32.7 Å². The maximum Gasteiger partial charge on any atom is 0.239 e. The molecule has 0 atom stereocenters. The zero-order valence-electron chi connectivity index (χ0n) is 14.8. The van der Waals surface area contributed by atoms with Crippen molar-refractivity contribution in [3.05, 3.63) is 36.1 Å². The van der Waals surface area contributed by atoms with Crippen LogP contribution in [0.4, 0.5) is 0 Å². The van der Waals surface area contributed by atoms with Gasteiger partial charge in [0.25, 0.3) is 0 Å². The highest BCUT2D eigenvalue weighted by Gasteiger charge is 2.13. The maximum absolute atomic E-state index is 11.8. The Morgan fingerprint density at radius 2 is 1.96 bits per heavy atom. The molecule has 0 fully saturated rings. The molecule has 1 aromatic heterocycles. The lowest BCUT2D eigenvalue weighted by Gasteiger charge is -2.21. The molecule has 0 aliphatic rings. The fraction of sp³-hybridized carbons (Fsp3) is 0.444. The second kappa shape index (κ2) is 7.86. The molecule has 0 spiro atoms. The van der Waals surface area contributed by atoms with Gasteiger partial charge in [-0.05, 0) is 32.9 Å². The molecule has 2 rings (SSSR count). The van der Waals surface area contributed by atoms with Crippen molar-refractivity contribution in [3.63, 3.8) is 0 Å². The predicted octanol–water partition coefficient (Wildman–Crippen LogP) is 2.05. The average Bonchev–Trinajstić information content (AvgIpc) is 2.91. The van der Waals surface area contributed by atoms with Crippen LogP contribution in [0.5, 0.6) is 0 Å². The molecule has 0 aliphatic heterocycles. The van der Waals surface area contributed by atoms with Crippen molar-refractivity contribution < 1.29 is 9.21 Å². The van der Waals surface area contributed by atoms with Crippen LogP contribution in [0.1, 0.15) is 26.5 Å². The maximum atomic E-state index is 11.8. The van der Waals surface area contributed by atoms with Gasteiger partial charge < -0.3 is 20.4 Å². The number of guanidine groups is 1. The van der Waals surface area contributed by atoms with E-state index < -0.39 is 0 Å². The summed E-state index contributed by atoms with van der Waals surface area (Å²) in [6.45, 7) is 6.70. The van der Waals surface area contributed by atoms with Gasteiger partial charge in [0.15, 0.2) is 5.96 Å². The fourth-order valence-corrected chi connectivity index (χ4v) is 2.31. The van der Waals surface area contributed by atoms with Crippen LogP contribution in [0.2, 0.25) is 0 Å². The minimum atomic E-state index is -0.239. The number of hydrogen-bond acceptors (Lipinski definition) is 3. The summed E-state index contributed by atoms with van der Waals surface area (Å²) in [5.74, 6) is 1.45. The van der Waals surface area contributed by atoms with Crippen molar-refractivity contribution in [1.82, 2.24) is 16.0 Å². The van der Waals surface area contributed by atoms with Crippen molar-refractivity contribution in [2.24, 2.45) is 4.99 Å². The Bertz CT molecular complexity index is 680. The lowest BCUT2D eigenvalue weighted by atomic mass is 10.1. The number of carbonyl (C=O) groups excluding carboxylic acids is 1. The average molecular weight is 330 g/mol. The highest BCUT2D eigenvalue weighted by Crippen LogP contribution is 2.18. The molecule has 0 aliphatic carbocycles. The third-order valence-corrected chi connectivity index (χ3v) is 3.29. The first-order valence-corrected chi connectivity index (χ1v) is 8.10. The van der Waals surface area contributed by atoms with E-state index in [9.17, 15) is 4.79 Å². The predicted molar refractivity (Wildman–Crippen MR) is 97.2 cm³/mol. The van der Waals surface area contributed by atoms with E-state index in [1.54, 1.807) is 7.05 Å². The number of rotatable bonds is 5. The standard InChI is InChI=1S/C18H26N4O2/c1-18(2,3)22-16(23)12-21-17(19-4)20-10-9-14-11-13-7-5-6-8-15(13)24-14/h5-8,11H,9-10,12H2,1-4H3,(H,22,23)(H2,19,20,21). The number of nitrogens with zero attached hydrogens (tertiary/aromatic N) is 1. The van der Waals surface area contributed by atoms with E-state index in [0.29, 0.717) is 12.5 Å². The molecule has 24 heavy (non-hydrogen) atoms. The van der Waals surface area contributed by atoms with E-state index in [4.69, 9.17) is 4.42 Å². The highest BCUT2D eigenvalue weighted by atomic mass is 16.3. The first-order chi connectivity index (χ1) is 11.4. The molecule has 0 radical (unpaired) electrons. The van der Waals surface area contributed by atoms with Gasteiger partial charge >= 0.3 is 0 Å².